The van der Waals surface area contributed by atoms with Crippen molar-refractivity contribution in [2.75, 3.05) is 0 Å². The average Bonchev–Trinajstić information content (AvgIpc) is 2.60. The molecule has 0 amide bonds. The van der Waals surface area contributed by atoms with Gasteiger partial charge in [-0.3, -0.25) is 0 Å². The maximum Gasteiger partial charge on any atom is 0.127 e. The zero-order chi connectivity index (χ0) is 17.2. The number of hydrogen-bond donors (Lipinski definition) is 0. The Balaban J connectivity index is 1.93. The van der Waals surface area contributed by atoms with Gasteiger partial charge in [-0.15, -0.1) is 0 Å². The second kappa shape index (κ2) is 9.76. The van der Waals surface area contributed by atoms with Crippen molar-refractivity contribution in [2.45, 2.75) is 46.0 Å². The Morgan fingerprint density at radius 3 is 2.12 bits per heavy atom. The average molecular weight is 324 g/mol. The second-order valence-corrected chi connectivity index (χ2v) is 5.94. The molecule has 0 aliphatic heterocycles. The van der Waals surface area contributed by atoms with Crippen LogP contribution in [0, 0.1) is 5.82 Å². The van der Waals surface area contributed by atoms with Crippen LogP contribution in [-0.4, -0.2) is 12.4 Å². The van der Waals surface area contributed by atoms with E-state index >= 15 is 0 Å². The van der Waals surface area contributed by atoms with Gasteiger partial charge in [-0.25, -0.2) is 4.39 Å². The van der Waals surface area contributed by atoms with Gasteiger partial charge < -0.3 is 0 Å². The van der Waals surface area contributed by atoms with Crippen LogP contribution in [0.15, 0.2) is 52.7 Å². The molecule has 0 bridgehead atoms. The van der Waals surface area contributed by atoms with E-state index in [1.54, 1.807) is 12.4 Å². The molecule has 126 valence electrons. The van der Waals surface area contributed by atoms with E-state index in [0.717, 1.165) is 36.0 Å². The van der Waals surface area contributed by atoms with Crippen LogP contribution in [0.4, 0.5) is 4.39 Å². The Morgan fingerprint density at radius 1 is 0.833 bits per heavy atom. The van der Waals surface area contributed by atoms with E-state index in [1.807, 2.05) is 31.2 Å². The predicted molar refractivity (Wildman–Crippen MR) is 101 cm³/mol. The molecule has 0 saturated heterocycles. The van der Waals surface area contributed by atoms with Crippen LogP contribution < -0.4 is 0 Å². The maximum atomic E-state index is 13.8. The smallest absolute Gasteiger partial charge is 0.127 e. The van der Waals surface area contributed by atoms with Gasteiger partial charge in [-0.2, -0.15) is 10.2 Å². The normalized spacial score (nSPS) is 11.6. The lowest BCUT2D eigenvalue weighted by atomic mass is 10.1. The standard InChI is InChI=1S/C21H25FN2/c1-3-5-7-17-8-10-18(11-9-17)15-23-24-16-19-12-13-20(6-4-2)21(22)14-19/h8-16H,3-7H2,1-2H3. The fourth-order valence-electron chi connectivity index (χ4n) is 2.47. The molecule has 0 N–H and O–H groups in total. The Kier molecular flexibility index (Phi) is 7.34. The Bertz CT molecular complexity index is 687. The third-order valence-electron chi connectivity index (χ3n) is 3.88. The quantitative estimate of drug-likeness (QED) is 0.448. The van der Waals surface area contributed by atoms with E-state index < -0.39 is 0 Å². The molecule has 2 aromatic carbocycles. The summed E-state index contributed by atoms with van der Waals surface area (Å²) in [7, 11) is 0. The summed E-state index contributed by atoms with van der Waals surface area (Å²) in [5.74, 6) is -0.174. The number of nitrogens with zero attached hydrogens (tertiary/aromatic N) is 2. The molecular formula is C21H25FN2. The molecule has 0 fully saturated rings. The molecule has 0 aromatic heterocycles. The molecule has 0 heterocycles. The van der Waals surface area contributed by atoms with Gasteiger partial charge in [0.05, 0.1) is 12.4 Å². The lowest BCUT2D eigenvalue weighted by Gasteiger charge is -2.01. The van der Waals surface area contributed by atoms with E-state index in [9.17, 15) is 4.39 Å². The molecule has 2 nitrogen and oxygen atoms in total. The highest BCUT2D eigenvalue weighted by Crippen LogP contribution is 2.11. The zero-order valence-electron chi connectivity index (χ0n) is 14.5. The van der Waals surface area contributed by atoms with E-state index in [-0.39, 0.29) is 5.82 Å². The topological polar surface area (TPSA) is 24.7 Å². The predicted octanol–water partition coefficient (Wildman–Crippen LogP) is 5.57. The minimum atomic E-state index is -0.174. The molecule has 0 aliphatic carbocycles. The van der Waals surface area contributed by atoms with Crippen molar-refractivity contribution in [1.82, 2.24) is 0 Å². The van der Waals surface area contributed by atoms with Crippen LogP contribution in [0.2, 0.25) is 0 Å². The number of rotatable bonds is 8. The molecule has 0 unspecified atom stereocenters. The van der Waals surface area contributed by atoms with Crippen molar-refractivity contribution < 1.29 is 4.39 Å². The fraction of sp³-hybridized carbons (Fsp3) is 0.333. The SMILES string of the molecule is CCCCc1ccc(C=NN=Cc2ccc(CCC)c(F)c2)cc1. The molecule has 0 aliphatic rings. The van der Waals surface area contributed by atoms with Crippen molar-refractivity contribution in [3.63, 3.8) is 0 Å². The molecule has 0 radical (unpaired) electrons. The first-order valence-electron chi connectivity index (χ1n) is 8.66. The molecule has 2 aromatic rings. The molecule has 3 heteroatoms. The summed E-state index contributed by atoms with van der Waals surface area (Å²) >= 11 is 0. The first kappa shape index (κ1) is 18.1. The van der Waals surface area contributed by atoms with Crippen molar-refractivity contribution >= 4 is 12.4 Å². The number of unbranched alkanes of at least 4 members (excludes halogenated alkanes) is 1. The third kappa shape index (κ3) is 5.73. The van der Waals surface area contributed by atoms with Gasteiger partial charge in [0.25, 0.3) is 0 Å². The van der Waals surface area contributed by atoms with E-state index in [2.05, 4.69) is 29.3 Å². The van der Waals surface area contributed by atoms with Crippen molar-refractivity contribution in [2.24, 2.45) is 10.2 Å². The zero-order valence-corrected chi connectivity index (χ0v) is 14.5. The first-order chi connectivity index (χ1) is 11.7. The van der Waals surface area contributed by atoms with Gasteiger partial charge in [0.15, 0.2) is 0 Å². The summed E-state index contributed by atoms with van der Waals surface area (Å²) < 4.78 is 13.8. The van der Waals surface area contributed by atoms with E-state index in [0.29, 0.717) is 0 Å². The number of benzene rings is 2. The van der Waals surface area contributed by atoms with Gasteiger partial charge in [-0.05, 0) is 47.6 Å². The number of halogens is 1. The van der Waals surface area contributed by atoms with Gasteiger partial charge in [0.1, 0.15) is 5.82 Å². The number of hydrogen-bond acceptors (Lipinski definition) is 2. The van der Waals surface area contributed by atoms with Gasteiger partial charge in [-0.1, -0.05) is 63.1 Å². The largest absolute Gasteiger partial charge is 0.207 e. The highest BCUT2D eigenvalue weighted by molar-refractivity contribution is 5.82. The van der Waals surface area contributed by atoms with Crippen LogP contribution in [0.5, 0.6) is 0 Å². The highest BCUT2D eigenvalue weighted by Gasteiger charge is 2.01. The molecule has 0 spiro atoms. The summed E-state index contributed by atoms with van der Waals surface area (Å²) in [6.07, 6.45) is 8.52. The summed E-state index contributed by atoms with van der Waals surface area (Å²) in [6, 6.07) is 13.5. The highest BCUT2D eigenvalue weighted by atomic mass is 19.1. The van der Waals surface area contributed by atoms with Gasteiger partial charge in [0.2, 0.25) is 0 Å². The molecule has 2 rings (SSSR count). The first-order valence-corrected chi connectivity index (χ1v) is 8.66. The molecule has 0 saturated carbocycles. The Labute approximate surface area is 144 Å². The molecule has 0 atom stereocenters. The summed E-state index contributed by atoms with van der Waals surface area (Å²) in [4.78, 5) is 0. The Morgan fingerprint density at radius 2 is 1.50 bits per heavy atom. The lowest BCUT2D eigenvalue weighted by molar-refractivity contribution is 0.607. The summed E-state index contributed by atoms with van der Waals surface area (Å²) in [5.41, 5.74) is 3.83. The fourth-order valence-corrected chi connectivity index (χ4v) is 2.47. The Hall–Kier alpha value is -2.29. The van der Waals surface area contributed by atoms with Gasteiger partial charge >= 0.3 is 0 Å². The van der Waals surface area contributed by atoms with Crippen LogP contribution in [-0.2, 0) is 12.8 Å². The third-order valence-corrected chi connectivity index (χ3v) is 3.88. The lowest BCUT2D eigenvalue weighted by Crippen LogP contribution is -1.92. The molecular weight excluding hydrogens is 299 g/mol. The minimum Gasteiger partial charge on any atom is -0.207 e. The monoisotopic (exact) mass is 324 g/mol. The summed E-state index contributed by atoms with van der Waals surface area (Å²) in [6.45, 7) is 4.24. The second-order valence-electron chi connectivity index (χ2n) is 5.94. The van der Waals surface area contributed by atoms with Crippen LogP contribution >= 0.6 is 0 Å². The van der Waals surface area contributed by atoms with Crippen molar-refractivity contribution in [1.29, 1.82) is 0 Å². The number of aryl methyl sites for hydroxylation is 2. The molecule has 24 heavy (non-hydrogen) atoms. The van der Waals surface area contributed by atoms with Crippen LogP contribution in [0.25, 0.3) is 0 Å². The van der Waals surface area contributed by atoms with Crippen LogP contribution in [0.1, 0.15) is 55.4 Å². The maximum absolute atomic E-state index is 13.8. The van der Waals surface area contributed by atoms with Crippen LogP contribution in [0.3, 0.4) is 0 Å². The summed E-state index contributed by atoms with van der Waals surface area (Å²) in [5, 5.41) is 8.04. The van der Waals surface area contributed by atoms with Gasteiger partial charge in [0, 0.05) is 0 Å². The van der Waals surface area contributed by atoms with E-state index in [4.69, 9.17) is 0 Å². The van der Waals surface area contributed by atoms with Crippen molar-refractivity contribution in [3.8, 4) is 0 Å². The van der Waals surface area contributed by atoms with Crippen molar-refractivity contribution in [3.05, 3.63) is 70.5 Å². The minimum absolute atomic E-state index is 0.174. The van der Waals surface area contributed by atoms with E-state index in [1.165, 1.54) is 24.5 Å².